The van der Waals surface area contributed by atoms with Gasteiger partial charge in [0.2, 0.25) is 5.91 Å². The summed E-state index contributed by atoms with van der Waals surface area (Å²) in [7, 11) is 0. The molecular weight excluding hydrogens is 451 g/mol. The molecule has 150 valence electrons. The van der Waals surface area contributed by atoms with E-state index in [4.69, 9.17) is 0 Å². The zero-order chi connectivity index (χ0) is 18.5. The lowest BCUT2D eigenvalue weighted by Crippen LogP contribution is -2.40. The monoisotopic (exact) mass is 484 g/mol. The van der Waals surface area contributed by atoms with Crippen LogP contribution in [0.25, 0.3) is 0 Å². The number of benzene rings is 1. The first-order valence-electron chi connectivity index (χ1n) is 10.0. The van der Waals surface area contributed by atoms with Gasteiger partial charge in [-0.25, -0.2) is 4.99 Å². The largest absolute Gasteiger partial charge is 0.357 e. The number of amides is 1. The molecule has 1 amide bonds. The maximum atomic E-state index is 12.2. The summed E-state index contributed by atoms with van der Waals surface area (Å²) >= 11 is 0. The van der Waals surface area contributed by atoms with Crippen LogP contribution in [0.15, 0.2) is 29.3 Å². The van der Waals surface area contributed by atoms with E-state index >= 15 is 0 Å². The number of likely N-dealkylation sites (tertiary alicyclic amines) is 1. The van der Waals surface area contributed by atoms with Crippen molar-refractivity contribution in [2.45, 2.75) is 57.9 Å². The van der Waals surface area contributed by atoms with E-state index in [1.165, 1.54) is 11.1 Å². The molecule has 2 N–H and O–H groups in total. The summed E-state index contributed by atoms with van der Waals surface area (Å²) in [5, 5.41) is 6.76. The van der Waals surface area contributed by atoms with Crippen molar-refractivity contribution in [2.75, 3.05) is 26.2 Å². The van der Waals surface area contributed by atoms with E-state index in [2.05, 4.69) is 60.7 Å². The number of halogens is 1. The average Bonchev–Trinajstić information content (AvgIpc) is 3.17. The Labute approximate surface area is 180 Å². The molecule has 0 radical (unpaired) electrons. The zero-order valence-electron chi connectivity index (χ0n) is 16.7. The number of hydrogen-bond acceptors (Lipinski definition) is 2. The zero-order valence-corrected chi connectivity index (χ0v) is 19.0. The van der Waals surface area contributed by atoms with E-state index < -0.39 is 0 Å². The van der Waals surface area contributed by atoms with Gasteiger partial charge in [-0.15, -0.1) is 24.0 Å². The fraction of sp³-hybridized carbons (Fsp3) is 0.619. The van der Waals surface area contributed by atoms with Crippen molar-refractivity contribution in [1.82, 2.24) is 15.5 Å². The van der Waals surface area contributed by atoms with Gasteiger partial charge >= 0.3 is 0 Å². The summed E-state index contributed by atoms with van der Waals surface area (Å²) in [5.41, 5.74) is 2.77. The highest BCUT2D eigenvalue weighted by Crippen LogP contribution is 2.41. The first-order chi connectivity index (χ1) is 12.6. The van der Waals surface area contributed by atoms with Crippen LogP contribution in [-0.4, -0.2) is 49.0 Å². The molecule has 1 saturated heterocycles. The number of guanidine groups is 1. The summed E-state index contributed by atoms with van der Waals surface area (Å²) in [4.78, 5) is 18.6. The number of aliphatic imine (C=N–C) groups is 1. The molecular formula is C21H33IN4O. The second kappa shape index (κ2) is 10.3. The number of carbonyl (C=O) groups is 1. The Morgan fingerprint density at radius 1 is 1.22 bits per heavy atom. The summed E-state index contributed by atoms with van der Waals surface area (Å²) in [6.45, 7) is 9.29. The van der Waals surface area contributed by atoms with E-state index in [0.29, 0.717) is 17.9 Å². The second-order valence-corrected chi connectivity index (χ2v) is 7.70. The fourth-order valence-electron chi connectivity index (χ4n) is 3.56. The van der Waals surface area contributed by atoms with Crippen molar-refractivity contribution in [3.05, 3.63) is 35.4 Å². The van der Waals surface area contributed by atoms with Gasteiger partial charge < -0.3 is 15.5 Å². The first-order valence-corrected chi connectivity index (χ1v) is 10.0. The van der Waals surface area contributed by atoms with Crippen LogP contribution < -0.4 is 10.6 Å². The molecule has 2 atom stereocenters. The van der Waals surface area contributed by atoms with Gasteiger partial charge in [-0.2, -0.15) is 0 Å². The fourth-order valence-corrected chi connectivity index (χ4v) is 3.56. The SMILES string of the molecule is CCNC(=NCC(=O)N1CCCC1)NC1CC1c1ccc(C(C)C)cc1.I. The van der Waals surface area contributed by atoms with E-state index in [1.807, 2.05) is 4.90 Å². The lowest BCUT2D eigenvalue weighted by atomic mass is 10.0. The highest BCUT2D eigenvalue weighted by molar-refractivity contribution is 14.0. The molecule has 6 heteroatoms. The van der Waals surface area contributed by atoms with Crippen LogP contribution in [0.2, 0.25) is 0 Å². The van der Waals surface area contributed by atoms with Gasteiger partial charge in [-0.05, 0) is 43.2 Å². The summed E-state index contributed by atoms with van der Waals surface area (Å²) < 4.78 is 0. The molecule has 2 aliphatic rings. The quantitative estimate of drug-likeness (QED) is 0.370. The van der Waals surface area contributed by atoms with E-state index in [-0.39, 0.29) is 36.4 Å². The Balaban J connectivity index is 0.00000261. The Kier molecular flexibility index (Phi) is 8.38. The van der Waals surface area contributed by atoms with Gasteiger partial charge in [0.05, 0.1) is 0 Å². The maximum Gasteiger partial charge on any atom is 0.244 e. The second-order valence-electron chi connectivity index (χ2n) is 7.70. The van der Waals surface area contributed by atoms with E-state index in [1.54, 1.807) is 0 Å². The third kappa shape index (κ3) is 6.09. The molecule has 1 aromatic carbocycles. The molecule has 0 bridgehead atoms. The van der Waals surface area contributed by atoms with Crippen LogP contribution in [0.5, 0.6) is 0 Å². The van der Waals surface area contributed by atoms with Gasteiger partial charge in [-0.3, -0.25) is 4.79 Å². The molecule has 2 unspecified atom stereocenters. The van der Waals surface area contributed by atoms with Crippen molar-refractivity contribution in [1.29, 1.82) is 0 Å². The Morgan fingerprint density at radius 2 is 1.89 bits per heavy atom. The maximum absolute atomic E-state index is 12.2. The molecule has 27 heavy (non-hydrogen) atoms. The molecule has 2 fully saturated rings. The molecule has 1 saturated carbocycles. The number of nitrogens with one attached hydrogen (secondary N) is 2. The van der Waals surface area contributed by atoms with Gasteiger partial charge in [-0.1, -0.05) is 38.1 Å². The lowest BCUT2D eigenvalue weighted by molar-refractivity contribution is -0.128. The van der Waals surface area contributed by atoms with E-state index in [0.717, 1.165) is 44.9 Å². The lowest BCUT2D eigenvalue weighted by Gasteiger charge is -2.15. The van der Waals surface area contributed by atoms with Gasteiger partial charge in [0.1, 0.15) is 6.54 Å². The normalized spacial score (nSPS) is 21.8. The minimum atomic E-state index is 0. The van der Waals surface area contributed by atoms with Gasteiger partial charge in [0.25, 0.3) is 0 Å². The first kappa shape index (κ1) is 22.0. The molecule has 1 aliphatic heterocycles. The smallest absolute Gasteiger partial charge is 0.244 e. The third-order valence-electron chi connectivity index (χ3n) is 5.32. The molecule has 0 aromatic heterocycles. The van der Waals surface area contributed by atoms with Crippen LogP contribution >= 0.6 is 24.0 Å². The molecule has 3 rings (SSSR count). The van der Waals surface area contributed by atoms with Crippen molar-refractivity contribution in [3.8, 4) is 0 Å². The third-order valence-corrected chi connectivity index (χ3v) is 5.32. The van der Waals surface area contributed by atoms with E-state index in [9.17, 15) is 4.79 Å². The Hall–Kier alpha value is -1.31. The van der Waals surface area contributed by atoms with Crippen molar-refractivity contribution >= 4 is 35.8 Å². The molecule has 1 heterocycles. The molecule has 1 aliphatic carbocycles. The predicted octanol–water partition coefficient (Wildman–Crippen LogP) is 3.46. The predicted molar refractivity (Wildman–Crippen MR) is 122 cm³/mol. The van der Waals surface area contributed by atoms with Gasteiger partial charge in [0.15, 0.2) is 5.96 Å². The Morgan fingerprint density at radius 3 is 2.48 bits per heavy atom. The summed E-state index contributed by atoms with van der Waals surface area (Å²) in [5.74, 6) is 2.00. The summed E-state index contributed by atoms with van der Waals surface area (Å²) in [6, 6.07) is 9.39. The van der Waals surface area contributed by atoms with Crippen LogP contribution in [0.4, 0.5) is 0 Å². The minimum Gasteiger partial charge on any atom is -0.357 e. The molecule has 1 aromatic rings. The topological polar surface area (TPSA) is 56.7 Å². The minimum absolute atomic E-state index is 0. The number of nitrogens with zero attached hydrogens (tertiary/aromatic N) is 2. The van der Waals surface area contributed by atoms with Crippen molar-refractivity contribution in [3.63, 3.8) is 0 Å². The number of hydrogen-bond donors (Lipinski definition) is 2. The van der Waals surface area contributed by atoms with Gasteiger partial charge in [0, 0.05) is 31.6 Å². The standard InChI is InChI=1S/C21H32N4O.HI/c1-4-22-21(23-14-20(26)25-11-5-6-12-25)24-19-13-18(19)17-9-7-16(8-10-17)15(2)3;/h7-10,15,18-19H,4-6,11-14H2,1-3H3,(H2,22,23,24);1H. The average molecular weight is 484 g/mol. The van der Waals surface area contributed by atoms with Crippen LogP contribution in [0.1, 0.15) is 63.0 Å². The molecule has 5 nitrogen and oxygen atoms in total. The van der Waals surface area contributed by atoms with Crippen LogP contribution in [0, 0.1) is 0 Å². The van der Waals surface area contributed by atoms with Crippen LogP contribution in [-0.2, 0) is 4.79 Å². The van der Waals surface area contributed by atoms with Crippen LogP contribution in [0.3, 0.4) is 0 Å². The molecule has 0 spiro atoms. The number of carbonyl (C=O) groups excluding carboxylic acids is 1. The summed E-state index contributed by atoms with van der Waals surface area (Å²) in [6.07, 6.45) is 3.35. The highest BCUT2D eigenvalue weighted by atomic mass is 127. The number of rotatable bonds is 6. The van der Waals surface area contributed by atoms with Crippen molar-refractivity contribution in [2.24, 2.45) is 4.99 Å². The highest BCUT2D eigenvalue weighted by Gasteiger charge is 2.39. The Bertz CT molecular complexity index is 638. The van der Waals surface area contributed by atoms with Crippen molar-refractivity contribution < 1.29 is 4.79 Å².